The number of rotatable bonds is 5. The number of nitriles is 1. The Morgan fingerprint density at radius 2 is 2.00 bits per heavy atom. The Hall–Kier alpha value is -2.65. The molecule has 8 nitrogen and oxygen atoms in total. The van der Waals surface area contributed by atoms with Crippen molar-refractivity contribution in [2.24, 2.45) is 10.1 Å². The van der Waals surface area contributed by atoms with E-state index in [0.29, 0.717) is 27.1 Å². The van der Waals surface area contributed by atoms with E-state index < -0.39 is 10.0 Å². The third kappa shape index (κ3) is 5.45. The molecule has 2 aromatic rings. The fraction of sp³-hybridized carbons (Fsp3) is 0.0556. The predicted octanol–water partition coefficient (Wildman–Crippen LogP) is 2.89. The number of carbonyl (C=O) groups excluding carboxylic acids is 1. The summed E-state index contributed by atoms with van der Waals surface area (Å²) in [5, 5.41) is 16.8. The number of thioether (sulfide) groups is 1. The summed E-state index contributed by atoms with van der Waals surface area (Å²) >= 11 is 4.50. The van der Waals surface area contributed by atoms with Gasteiger partial charge in [-0.25, -0.2) is 18.5 Å². The lowest BCUT2D eigenvalue weighted by Gasteiger charge is -2.07. The van der Waals surface area contributed by atoms with E-state index in [-0.39, 0.29) is 17.4 Å². The van der Waals surface area contributed by atoms with Crippen LogP contribution in [0, 0.1) is 11.3 Å². The minimum absolute atomic E-state index is 0.0234. The van der Waals surface area contributed by atoms with Gasteiger partial charge in [0.05, 0.1) is 15.5 Å². The summed E-state index contributed by atoms with van der Waals surface area (Å²) in [6, 6.07) is 12.8. The van der Waals surface area contributed by atoms with Crippen LogP contribution >= 0.6 is 27.7 Å². The Kier molecular flexibility index (Phi) is 6.39. The van der Waals surface area contributed by atoms with Crippen LogP contribution < -0.4 is 15.2 Å². The summed E-state index contributed by atoms with van der Waals surface area (Å²) in [5.41, 5.74) is 1.09. The van der Waals surface area contributed by atoms with Gasteiger partial charge in [-0.2, -0.15) is 5.26 Å². The van der Waals surface area contributed by atoms with Crippen LogP contribution in [0.2, 0.25) is 0 Å². The van der Waals surface area contributed by atoms with Crippen LogP contribution in [0.15, 0.2) is 61.7 Å². The van der Waals surface area contributed by atoms with Crippen molar-refractivity contribution in [1.82, 2.24) is 5.32 Å². The van der Waals surface area contributed by atoms with Crippen molar-refractivity contribution in [3.05, 3.63) is 57.4 Å². The normalized spacial score (nSPS) is 16.7. The van der Waals surface area contributed by atoms with Crippen LogP contribution in [0.1, 0.15) is 5.56 Å². The number of amidine groups is 1. The molecule has 0 spiro atoms. The number of amides is 1. The molecule has 3 rings (SSSR count). The van der Waals surface area contributed by atoms with E-state index in [1.807, 2.05) is 6.07 Å². The Labute approximate surface area is 179 Å². The first-order chi connectivity index (χ1) is 13.8. The molecule has 0 atom stereocenters. The molecule has 0 aliphatic carbocycles. The van der Waals surface area contributed by atoms with E-state index in [0.717, 1.165) is 16.2 Å². The van der Waals surface area contributed by atoms with E-state index in [2.05, 4.69) is 26.2 Å². The number of hydrogen-bond donors (Lipinski definition) is 2. The topological polar surface area (TPSA) is 135 Å². The molecule has 29 heavy (non-hydrogen) atoms. The number of aliphatic imine (C=N–C) groups is 1. The van der Waals surface area contributed by atoms with Gasteiger partial charge in [-0.1, -0.05) is 15.9 Å². The van der Waals surface area contributed by atoms with Crippen LogP contribution in [0.25, 0.3) is 6.08 Å². The maximum Gasteiger partial charge on any atom is 0.264 e. The number of ether oxygens (including phenoxy) is 1. The maximum atomic E-state index is 12.3. The molecule has 11 heteroatoms. The number of halogens is 1. The van der Waals surface area contributed by atoms with Crippen molar-refractivity contribution in [2.45, 2.75) is 4.90 Å². The summed E-state index contributed by atoms with van der Waals surface area (Å²) < 4.78 is 28.8. The fourth-order valence-corrected chi connectivity index (χ4v) is 4.05. The number of primary sulfonamides is 1. The average Bonchev–Trinajstić information content (AvgIpc) is 3.00. The van der Waals surface area contributed by atoms with Crippen LogP contribution in [0.4, 0.5) is 5.69 Å². The van der Waals surface area contributed by atoms with Gasteiger partial charge in [0.15, 0.2) is 11.8 Å². The first-order valence-electron chi connectivity index (χ1n) is 7.98. The molecule has 3 N–H and O–H groups in total. The largest absolute Gasteiger partial charge is 0.478 e. The lowest BCUT2D eigenvalue weighted by atomic mass is 10.2. The number of benzene rings is 2. The monoisotopic (exact) mass is 492 g/mol. The number of sulfonamides is 1. The number of nitrogens with two attached hydrogens (primary N) is 1. The minimum atomic E-state index is -3.78. The summed E-state index contributed by atoms with van der Waals surface area (Å²) in [5.74, 6) is 0.140. The van der Waals surface area contributed by atoms with Gasteiger partial charge in [0, 0.05) is 10.0 Å². The second kappa shape index (κ2) is 8.79. The Balaban J connectivity index is 1.84. The second-order valence-electron chi connectivity index (χ2n) is 5.65. The molecular weight excluding hydrogens is 480 g/mol. The molecule has 1 fully saturated rings. The second-order valence-corrected chi connectivity index (χ2v) is 9.16. The molecule has 0 radical (unpaired) electrons. The molecule has 1 amide bonds. The van der Waals surface area contributed by atoms with Gasteiger partial charge in [-0.15, -0.1) is 0 Å². The Morgan fingerprint density at radius 1 is 1.28 bits per heavy atom. The number of hydrogen-bond acceptors (Lipinski definition) is 7. The van der Waals surface area contributed by atoms with Crippen molar-refractivity contribution in [1.29, 1.82) is 5.26 Å². The quantitative estimate of drug-likeness (QED) is 0.615. The molecule has 1 saturated heterocycles. The highest BCUT2D eigenvalue weighted by molar-refractivity contribution is 9.10. The zero-order valence-electron chi connectivity index (χ0n) is 14.6. The van der Waals surface area contributed by atoms with Gasteiger partial charge in [0.2, 0.25) is 10.0 Å². The Bertz CT molecular complexity index is 1170. The maximum absolute atomic E-state index is 12.3. The Morgan fingerprint density at radius 3 is 2.66 bits per heavy atom. The van der Waals surface area contributed by atoms with Crippen molar-refractivity contribution in [3.63, 3.8) is 0 Å². The van der Waals surface area contributed by atoms with Gasteiger partial charge >= 0.3 is 0 Å². The van der Waals surface area contributed by atoms with Crippen LogP contribution in [0.5, 0.6) is 5.75 Å². The summed E-state index contributed by atoms with van der Waals surface area (Å²) in [6.07, 6.45) is 1.64. The SMILES string of the molecule is N#CCOc1ccc(Br)cc1/C=C1/SC(=Nc2ccc(S(N)(=O)=O)cc2)NC1=O. The lowest BCUT2D eigenvalue weighted by molar-refractivity contribution is -0.115. The van der Waals surface area contributed by atoms with Gasteiger partial charge < -0.3 is 10.1 Å². The predicted molar refractivity (Wildman–Crippen MR) is 114 cm³/mol. The zero-order valence-corrected chi connectivity index (χ0v) is 17.8. The highest BCUT2D eigenvalue weighted by Crippen LogP contribution is 2.32. The number of nitrogens with zero attached hydrogens (tertiary/aromatic N) is 2. The first-order valence-corrected chi connectivity index (χ1v) is 11.1. The first kappa shape index (κ1) is 21.1. The zero-order chi connectivity index (χ0) is 21.0. The van der Waals surface area contributed by atoms with E-state index in [9.17, 15) is 13.2 Å². The third-order valence-electron chi connectivity index (χ3n) is 3.60. The average molecular weight is 493 g/mol. The lowest BCUT2D eigenvalue weighted by Crippen LogP contribution is -2.19. The minimum Gasteiger partial charge on any atom is -0.478 e. The molecule has 148 valence electrons. The highest BCUT2D eigenvalue weighted by Gasteiger charge is 2.24. The van der Waals surface area contributed by atoms with Crippen molar-refractivity contribution in [2.75, 3.05) is 6.61 Å². The summed E-state index contributed by atoms with van der Waals surface area (Å²) in [6.45, 7) is -0.113. The van der Waals surface area contributed by atoms with Crippen LogP contribution in [-0.2, 0) is 14.8 Å². The fourth-order valence-electron chi connectivity index (χ4n) is 2.32. The standard InChI is InChI=1S/C18H13BrN4O4S2/c19-12-1-6-15(27-8-7-20)11(9-12)10-16-17(24)23-18(28-16)22-13-2-4-14(5-3-13)29(21,25)26/h1-6,9-10H,8H2,(H2,21,25,26)(H,22,23,24)/b16-10+. The molecule has 0 saturated carbocycles. The smallest absolute Gasteiger partial charge is 0.264 e. The van der Waals surface area contributed by atoms with Gasteiger partial charge in [-0.3, -0.25) is 4.79 Å². The van der Waals surface area contributed by atoms with Gasteiger partial charge in [0.1, 0.15) is 11.8 Å². The third-order valence-corrected chi connectivity index (χ3v) is 5.93. The van der Waals surface area contributed by atoms with Gasteiger partial charge in [0.25, 0.3) is 5.91 Å². The van der Waals surface area contributed by atoms with E-state index in [1.165, 1.54) is 24.3 Å². The number of carbonyl (C=O) groups is 1. The molecule has 0 unspecified atom stereocenters. The van der Waals surface area contributed by atoms with E-state index in [1.54, 1.807) is 24.3 Å². The molecule has 1 aliphatic rings. The highest BCUT2D eigenvalue weighted by atomic mass is 79.9. The summed E-state index contributed by atoms with van der Waals surface area (Å²) in [7, 11) is -3.78. The summed E-state index contributed by atoms with van der Waals surface area (Å²) in [4.78, 5) is 17.0. The molecule has 1 aliphatic heterocycles. The van der Waals surface area contributed by atoms with E-state index in [4.69, 9.17) is 15.1 Å². The van der Waals surface area contributed by atoms with Crippen molar-refractivity contribution >= 4 is 60.6 Å². The van der Waals surface area contributed by atoms with Crippen molar-refractivity contribution in [3.8, 4) is 11.8 Å². The van der Waals surface area contributed by atoms with Crippen molar-refractivity contribution < 1.29 is 17.9 Å². The molecule has 2 aromatic carbocycles. The van der Waals surface area contributed by atoms with Gasteiger partial charge in [-0.05, 0) is 60.3 Å². The molecule has 0 bridgehead atoms. The number of nitrogens with one attached hydrogen (secondary N) is 1. The van der Waals surface area contributed by atoms with Crippen LogP contribution in [-0.4, -0.2) is 26.1 Å². The molecule has 0 aromatic heterocycles. The molecule has 1 heterocycles. The van der Waals surface area contributed by atoms with Crippen LogP contribution in [0.3, 0.4) is 0 Å². The molecular formula is C18H13BrN4O4S2. The van der Waals surface area contributed by atoms with E-state index >= 15 is 0 Å².